The van der Waals surface area contributed by atoms with Crippen molar-refractivity contribution in [3.63, 3.8) is 0 Å². The quantitative estimate of drug-likeness (QED) is 0.640. The molecule has 2 unspecified atom stereocenters. The SMILES string of the molecule is CC(C)c1ccc2oc(=O)cc(CN3CC4CC(C3)c3cccc(=O)n3C4)c2c1. The van der Waals surface area contributed by atoms with Crippen molar-refractivity contribution in [2.75, 3.05) is 13.1 Å². The van der Waals surface area contributed by atoms with Crippen LogP contribution in [0.25, 0.3) is 11.0 Å². The molecule has 2 atom stereocenters. The Labute approximate surface area is 169 Å². The van der Waals surface area contributed by atoms with Crippen molar-refractivity contribution in [2.24, 2.45) is 5.92 Å². The summed E-state index contributed by atoms with van der Waals surface area (Å²) in [7, 11) is 0. The average molecular weight is 390 g/mol. The summed E-state index contributed by atoms with van der Waals surface area (Å²) >= 11 is 0. The zero-order chi connectivity index (χ0) is 20.1. The third kappa shape index (κ3) is 3.33. The number of pyridine rings is 1. The van der Waals surface area contributed by atoms with E-state index >= 15 is 0 Å². The van der Waals surface area contributed by atoms with Crippen molar-refractivity contribution in [3.8, 4) is 0 Å². The van der Waals surface area contributed by atoms with Gasteiger partial charge in [0.25, 0.3) is 5.56 Å². The molecule has 0 aliphatic carbocycles. The average Bonchev–Trinajstić information content (AvgIpc) is 2.68. The van der Waals surface area contributed by atoms with Gasteiger partial charge in [-0.05, 0) is 47.6 Å². The van der Waals surface area contributed by atoms with Crippen LogP contribution in [0.4, 0.5) is 0 Å². The molecule has 29 heavy (non-hydrogen) atoms. The van der Waals surface area contributed by atoms with Crippen LogP contribution >= 0.6 is 0 Å². The Bertz CT molecular complexity index is 1190. The fraction of sp³-hybridized carbons (Fsp3) is 0.417. The molecule has 5 nitrogen and oxygen atoms in total. The molecule has 0 radical (unpaired) electrons. The van der Waals surface area contributed by atoms with E-state index in [4.69, 9.17) is 4.42 Å². The van der Waals surface area contributed by atoms with Crippen molar-refractivity contribution in [1.82, 2.24) is 9.47 Å². The van der Waals surface area contributed by atoms with Gasteiger partial charge in [-0.1, -0.05) is 26.0 Å². The molecule has 150 valence electrons. The lowest BCUT2D eigenvalue weighted by molar-refractivity contribution is 0.114. The highest BCUT2D eigenvalue weighted by Gasteiger charge is 2.34. The Kier molecular flexibility index (Phi) is 4.43. The molecule has 0 amide bonds. The number of hydrogen-bond acceptors (Lipinski definition) is 4. The minimum atomic E-state index is -0.293. The Morgan fingerprint density at radius 3 is 2.76 bits per heavy atom. The summed E-state index contributed by atoms with van der Waals surface area (Å²) < 4.78 is 7.40. The number of likely N-dealkylation sites (tertiary alicyclic amines) is 1. The number of piperidine rings is 1. The second-order valence-electron chi connectivity index (χ2n) is 8.89. The number of fused-ring (bicyclic) bond motifs is 5. The van der Waals surface area contributed by atoms with Crippen molar-refractivity contribution in [2.45, 2.75) is 45.2 Å². The van der Waals surface area contributed by atoms with Gasteiger partial charge in [0.05, 0.1) is 0 Å². The van der Waals surface area contributed by atoms with Crippen molar-refractivity contribution < 1.29 is 4.42 Å². The molecule has 2 aliphatic heterocycles. The lowest BCUT2D eigenvalue weighted by Crippen LogP contribution is -2.46. The van der Waals surface area contributed by atoms with Crippen molar-refractivity contribution >= 4 is 11.0 Å². The highest BCUT2D eigenvalue weighted by Crippen LogP contribution is 2.36. The fourth-order valence-corrected chi connectivity index (χ4v) is 5.10. The van der Waals surface area contributed by atoms with Gasteiger partial charge in [0.1, 0.15) is 5.58 Å². The van der Waals surface area contributed by atoms with Crippen LogP contribution in [0.15, 0.2) is 56.5 Å². The second-order valence-corrected chi connectivity index (χ2v) is 8.89. The highest BCUT2D eigenvalue weighted by molar-refractivity contribution is 5.81. The number of hydrogen-bond donors (Lipinski definition) is 0. The largest absolute Gasteiger partial charge is 0.423 e. The molecule has 1 fully saturated rings. The molecule has 1 aromatic carbocycles. The summed E-state index contributed by atoms with van der Waals surface area (Å²) in [6.07, 6.45) is 1.13. The molecule has 5 rings (SSSR count). The molecule has 2 aromatic heterocycles. The maximum atomic E-state index is 12.2. The summed E-state index contributed by atoms with van der Waals surface area (Å²) in [4.78, 5) is 26.8. The molecule has 4 heterocycles. The maximum absolute atomic E-state index is 12.2. The molecule has 1 saturated heterocycles. The number of benzene rings is 1. The minimum Gasteiger partial charge on any atom is -0.423 e. The van der Waals surface area contributed by atoms with E-state index in [9.17, 15) is 9.59 Å². The predicted octanol–water partition coefficient (Wildman–Crippen LogP) is 3.70. The Balaban J connectivity index is 1.48. The smallest absolute Gasteiger partial charge is 0.336 e. The lowest BCUT2D eigenvalue weighted by atomic mass is 9.83. The zero-order valence-corrected chi connectivity index (χ0v) is 16.9. The van der Waals surface area contributed by atoms with E-state index in [0.717, 1.165) is 49.2 Å². The molecule has 0 N–H and O–H groups in total. The van der Waals surface area contributed by atoms with Gasteiger partial charge in [-0.2, -0.15) is 0 Å². The summed E-state index contributed by atoms with van der Waals surface area (Å²) in [6.45, 7) is 7.72. The van der Waals surface area contributed by atoms with Crippen LogP contribution in [0.2, 0.25) is 0 Å². The Morgan fingerprint density at radius 1 is 1.07 bits per heavy atom. The van der Waals surface area contributed by atoms with E-state index in [2.05, 4.69) is 30.9 Å². The summed E-state index contributed by atoms with van der Waals surface area (Å²) in [5, 5.41) is 1.03. The monoisotopic (exact) mass is 390 g/mol. The van der Waals surface area contributed by atoms with E-state index in [0.29, 0.717) is 23.3 Å². The zero-order valence-electron chi connectivity index (χ0n) is 16.9. The van der Waals surface area contributed by atoms with Gasteiger partial charge in [-0.15, -0.1) is 0 Å². The molecule has 5 heteroatoms. The fourth-order valence-electron chi connectivity index (χ4n) is 5.10. The first-order chi connectivity index (χ1) is 14.0. The number of nitrogens with zero attached hydrogens (tertiary/aromatic N) is 2. The van der Waals surface area contributed by atoms with Crippen LogP contribution < -0.4 is 11.2 Å². The van der Waals surface area contributed by atoms with Gasteiger partial charge in [0.15, 0.2) is 0 Å². The minimum absolute atomic E-state index is 0.110. The molecule has 2 aliphatic rings. The van der Waals surface area contributed by atoms with Crippen molar-refractivity contribution in [1.29, 1.82) is 0 Å². The normalized spacial score (nSPS) is 21.5. The van der Waals surface area contributed by atoms with Gasteiger partial charge in [0.2, 0.25) is 0 Å². The van der Waals surface area contributed by atoms with Crippen LogP contribution in [-0.2, 0) is 13.1 Å². The van der Waals surface area contributed by atoms with Crippen LogP contribution in [-0.4, -0.2) is 22.6 Å². The van der Waals surface area contributed by atoms with Gasteiger partial charge in [-0.3, -0.25) is 9.69 Å². The van der Waals surface area contributed by atoms with Gasteiger partial charge >= 0.3 is 5.63 Å². The van der Waals surface area contributed by atoms with E-state index < -0.39 is 0 Å². The predicted molar refractivity (Wildman–Crippen MR) is 113 cm³/mol. The lowest BCUT2D eigenvalue weighted by Gasteiger charge is -2.42. The summed E-state index contributed by atoms with van der Waals surface area (Å²) in [6, 6.07) is 13.4. The van der Waals surface area contributed by atoms with E-state index in [1.54, 1.807) is 12.1 Å². The van der Waals surface area contributed by atoms with Crippen LogP contribution in [0.3, 0.4) is 0 Å². The molecule has 3 aromatic rings. The number of rotatable bonds is 3. The standard InChI is InChI=1S/C24H26N2O3/c1-15(2)17-6-7-22-20(9-17)18(10-24(28)29-22)13-25-11-16-8-19(14-25)21-4-3-5-23(27)26(21)12-16/h3-7,9-10,15-16,19H,8,11-14H2,1-2H3. The first-order valence-corrected chi connectivity index (χ1v) is 10.5. The molecule has 0 saturated carbocycles. The highest BCUT2D eigenvalue weighted by atomic mass is 16.4. The molecular formula is C24H26N2O3. The van der Waals surface area contributed by atoms with E-state index in [-0.39, 0.29) is 11.2 Å². The third-order valence-electron chi connectivity index (χ3n) is 6.47. The molecule has 2 bridgehead atoms. The molecular weight excluding hydrogens is 364 g/mol. The molecule has 0 spiro atoms. The first kappa shape index (κ1) is 18.4. The topological polar surface area (TPSA) is 55.5 Å². The first-order valence-electron chi connectivity index (χ1n) is 10.5. The Hall–Kier alpha value is -2.66. The second kappa shape index (κ2) is 6.99. The summed E-state index contributed by atoms with van der Waals surface area (Å²) in [5.74, 6) is 1.26. The van der Waals surface area contributed by atoms with Gasteiger partial charge < -0.3 is 8.98 Å². The maximum Gasteiger partial charge on any atom is 0.336 e. The van der Waals surface area contributed by atoms with Crippen LogP contribution in [0.1, 0.15) is 48.9 Å². The third-order valence-corrected chi connectivity index (χ3v) is 6.47. The van der Waals surface area contributed by atoms with E-state index in [1.807, 2.05) is 22.8 Å². The van der Waals surface area contributed by atoms with Gasteiger partial charge in [0, 0.05) is 55.3 Å². The van der Waals surface area contributed by atoms with Crippen LogP contribution in [0, 0.1) is 5.92 Å². The number of aromatic nitrogens is 1. The summed E-state index contributed by atoms with van der Waals surface area (Å²) in [5.41, 5.74) is 3.90. The van der Waals surface area contributed by atoms with Gasteiger partial charge in [-0.25, -0.2) is 4.79 Å². The van der Waals surface area contributed by atoms with Crippen LogP contribution in [0.5, 0.6) is 0 Å². The Morgan fingerprint density at radius 2 is 1.93 bits per heavy atom. The van der Waals surface area contributed by atoms with Crippen molar-refractivity contribution in [3.05, 3.63) is 80.1 Å². The van der Waals surface area contributed by atoms with E-state index in [1.165, 1.54) is 5.56 Å².